The maximum absolute atomic E-state index is 12.7. The zero-order valence-electron chi connectivity index (χ0n) is 15.6. The fourth-order valence-corrected chi connectivity index (χ4v) is 3.12. The van der Waals surface area contributed by atoms with Crippen molar-refractivity contribution in [3.8, 4) is 22.9 Å². The molecule has 4 rings (SSSR count). The molecular formula is C21H21N3O4. The Bertz CT molecular complexity index is 952. The van der Waals surface area contributed by atoms with Crippen LogP contribution in [0.4, 0.5) is 5.69 Å². The number of anilines is 1. The molecule has 0 spiro atoms. The van der Waals surface area contributed by atoms with Crippen molar-refractivity contribution in [3.05, 3.63) is 54.4 Å². The van der Waals surface area contributed by atoms with Crippen molar-refractivity contribution in [3.63, 3.8) is 0 Å². The van der Waals surface area contributed by atoms with E-state index in [1.807, 2.05) is 55.5 Å². The molecule has 0 unspecified atom stereocenters. The quantitative estimate of drug-likeness (QED) is 0.652. The van der Waals surface area contributed by atoms with Crippen molar-refractivity contribution in [1.29, 1.82) is 0 Å². The number of benzene rings is 2. The average molecular weight is 379 g/mol. The Kier molecular flexibility index (Phi) is 5.23. The second-order valence-corrected chi connectivity index (χ2v) is 6.33. The van der Waals surface area contributed by atoms with Gasteiger partial charge in [-0.1, -0.05) is 17.3 Å². The SMILES string of the molecule is CCOc1ccc(-c2noc(CCC(=O)N3CCOc4ccccc43)n2)cc1. The number of aromatic nitrogens is 2. The van der Waals surface area contributed by atoms with Crippen LogP contribution in [0, 0.1) is 0 Å². The third-order valence-electron chi connectivity index (χ3n) is 4.47. The highest BCUT2D eigenvalue weighted by Crippen LogP contribution is 2.31. The molecule has 0 bridgehead atoms. The van der Waals surface area contributed by atoms with Crippen molar-refractivity contribution in [2.45, 2.75) is 19.8 Å². The molecule has 144 valence electrons. The molecule has 1 aliphatic rings. The van der Waals surface area contributed by atoms with Gasteiger partial charge in [-0.05, 0) is 43.3 Å². The molecule has 0 radical (unpaired) electrons. The van der Waals surface area contributed by atoms with E-state index in [0.717, 1.165) is 22.7 Å². The molecule has 0 atom stereocenters. The largest absolute Gasteiger partial charge is 0.494 e. The number of carbonyl (C=O) groups excluding carboxylic acids is 1. The lowest BCUT2D eigenvalue weighted by Crippen LogP contribution is -2.38. The van der Waals surface area contributed by atoms with Crippen molar-refractivity contribution in [2.24, 2.45) is 0 Å². The van der Waals surface area contributed by atoms with Crippen LogP contribution in [-0.2, 0) is 11.2 Å². The van der Waals surface area contributed by atoms with E-state index in [1.54, 1.807) is 4.90 Å². The number of nitrogens with zero attached hydrogens (tertiary/aromatic N) is 3. The highest BCUT2D eigenvalue weighted by Gasteiger charge is 2.23. The molecule has 7 nitrogen and oxygen atoms in total. The normalized spacial score (nSPS) is 13.0. The van der Waals surface area contributed by atoms with Crippen LogP contribution >= 0.6 is 0 Å². The van der Waals surface area contributed by atoms with Crippen LogP contribution < -0.4 is 14.4 Å². The van der Waals surface area contributed by atoms with Crippen LogP contribution in [0.25, 0.3) is 11.4 Å². The summed E-state index contributed by atoms with van der Waals surface area (Å²) >= 11 is 0. The maximum Gasteiger partial charge on any atom is 0.227 e. The fraction of sp³-hybridized carbons (Fsp3) is 0.286. The Labute approximate surface area is 162 Å². The number of fused-ring (bicyclic) bond motifs is 1. The van der Waals surface area contributed by atoms with Gasteiger partial charge in [0.2, 0.25) is 17.6 Å². The van der Waals surface area contributed by atoms with E-state index >= 15 is 0 Å². The smallest absolute Gasteiger partial charge is 0.227 e. The summed E-state index contributed by atoms with van der Waals surface area (Å²) in [6, 6.07) is 15.1. The number of hydrogen-bond acceptors (Lipinski definition) is 6. The van der Waals surface area contributed by atoms with E-state index in [2.05, 4.69) is 10.1 Å². The van der Waals surface area contributed by atoms with Gasteiger partial charge in [-0.25, -0.2) is 0 Å². The predicted octanol–water partition coefficient (Wildman–Crippen LogP) is 3.49. The summed E-state index contributed by atoms with van der Waals surface area (Å²) in [6.07, 6.45) is 0.682. The van der Waals surface area contributed by atoms with E-state index in [1.165, 1.54) is 0 Å². The zero-order chi connectivity index (χ0) is 19.3. The number of hydrogen-bond donors (Lipinski definition) is 0. The third kappa shape index (κ3) is 3.83. The Morgan fingerprint density at radius 1 is 1.18 bits per heavy atom. The van der Waals surface area contributed by atoms with Crippen molar-refractivity contribution in [1.82, 2.24) is 10.1 Å². The van der Waals surface area contributed by atoms with Gasteiger partial charge in [0.15, 0.2) is 0 Å². The number of rotatable bonds is 6. The summed E-state index contributed by atoms with van der Waals surface area (Å²) in [4.78, 5) is 18.8. The molecular weight excluding hydrogens is 358 g/mol. The van der Waals surface area contributed by atoms with E-state index < -0.39 is 0 Å². The standard InChI is InChI=1S/C21H21N3O4/c1-2-26-16-9-7-15(8-10-16)21-22-19(28-23-21)11-12-20(25)24-13-14-27-18-6-4-3-5-17(18)24/h3-10H,2,11-14H2,1H3. The first-order valence-corrected chi connectivity index (χ1v) is 9.32. The molecule has 1 aromatic heterocycles. The first-order valence-electron chi connectivity index (χ1n) is 9.32. The van der Waals surface area contributed by atoms with E-state index in [9.17, 15) is 4.79 Å². The fourth-order valence-electron chi connectivity index (χ4n) is 3.12. The molecule has 0 saturated heterocycles. The number of amides is 1. The summed E-state index contributed by atoms with van der Waals surface area (Å²) in [6.45, 7) is 3.59. The monoisotopic (exact) mass is 379 g/mol. The van der Waals surface area contributed by atoms with Gasteiger partial charge in [-0.15, -0.1) is 0 Å². The van der Waals surface area contributed by atoms with E-state index in [0.29, 0.717) is 44.3 Å². The summed E-state index contributed by atoms with van der Waals surface area (Å²) in [5.41, 5.74) is 1.64. The van der Waals surface area contributed by atoms with Crippen molar-refractivity contribution < 1.29 is 18.8 Å². The van der Waals surface area contributed by atoms with Crippen LogP contribution in [0.5, 0.6) is 11.5 Å². The van der Waals surface area contributed by atoms with Gasteiger partial charge < -0.3 is 18.9 Å². The lowest BCUT2D eigenvalue weighted by molar-refractivity contribution is -0.118. The van der Waals surface area contributed by atoms with Gasteiger partial charge in [-0.3, -0.25) is 4.79 Å². The minimum Gasteiger partial charge on any atom is -0.494 e. The summed E-state index contributed by atoms with van der Waals surface area (Å²) in [7, 11) is 0. The van der Waals surface area contributed by atoms with Crippen LogP contribution in [0.1, 0.15) is 19.2 Å². The first kappa shape index (κ1) is 18.0. The summed E-state index contributed by atoms with van der Waals surface area (Å²) < 4.78 is 16.3. The number of aryl methyl sites for hydroxylation is 1. The molecule has 7 heteroatoms. The van der Waals surface area contributed by atoms with Gasteiger partial charge in [0.1, 0.15) is 18.1 Å². The summed E-state index contributed by atoms with van der Waals surface area (Å²) in [5, 5.41) is 4.02. The van der Waals surface area contributed by atoms with Gasteiger partial charge in [0, 0.05) is 18.4 Å². The van der Waals surface area contributed by atoms with Gasteiger partial charge in [0.25, 0.3) is 0 Å². The molecule has 2 heterocycles. The molecule has 1 amide bonds. The van der Waals surface area contributed by atoms with Crippen LogP contribution in [0.3, 0.4) is 0 Å². The van der Waals surface area contributed by atoms with Crippen molar-refractivity contribution >= 4 is 11.6 Å². The molecule has 3 aromatic rings. The van der Waals surface area contributed by atoms with Gasteiger partial charge >= 0.3 is 0 Å². The molecule has 28 heavy (non-hydrogen) atoms. The second kappa shape index (κ2) is 8.12. The predicted molar refractivity (Wildman–Crippen MR) is 104 cm³/mol. The second-order valence-electron chi connectivity index (χ2n) is 6.33. The van der Waals surface area contributed by atoms with Gasteiger partial charge in [-0.2, -0.15) is 4.98 Å². The number of ether oxygens (including phenoxy) is 2. The Morgan fingerprint density at radius 2 is 2.00 bits per heavy atom. The number of carbonyl (C=O) groups is 1. The summed E-state index contributed by atoms with van der Waals surface area (Å²) in [5.74, 6) is 2.49. The van der Waals surface area contributed by atoms with Gasteiger partial charge in [0.05, 0.1) is 18.8 Å². The molecule has 0 N–H and O–H groups in total. The minimum atomic E-state index is 0.0107. The average Bonchev–Trinajstić information content (AvgIpc) is 3.21. The molecule has 0 saturated carbocycles. The minimum absolute atomic E-state index is 0.0107. The van der Waals surface area contributed by atoms with Crippen molar-refractivity contribution in [2.75, 3.05) is 24.7 Å². The third-order valence-corrected chi connectivity index (χ3v) is 4.47. The van der Waals surface area contributed by atoms with Crippen LogP contribution in [0.2, 0.25) is 0 Å². The molecule has 1 aliphatic heterocycles. The lowest BCUT2D eigenvalue weighted by atomic mass is 10.2. The highest BCUT2D eigenvalue weighted by atomic mass is 16.5. The molecule has 2 aromatic carbocycles. The topological polar surface area (TPSA) is 77.7 Å². The zero-order valence-corrected chi connectivity index (χ0v) is 15.6. The van der Waals surface area contributed by atoms with E-state index in [-0.39, 0.29) is 5.91 Å². The highest BCUT2D eigenvalue weighted by molar-refractivity contribution is 5.95. The molecule has 0 aliphatic carbocycles. The Balaban J connectivity index is 1.39. The van der Waals surface area contributed by atoms with E-state index in [4.69, 9.17) is 14.0 Å². The van der Waals surface area contributed by atoms with Crippen LogP contribution in [-0.4, -0.2) is 35.8 Å². The molecule has 0 fully saturated rings. The van der Waals surface area contributed by atoms with Crippen LogP contribution in [0.15, 0.2) is 53.1 Å². The lowest BCUT2D eigenvalue weighted by Gasteiger charge is -2.29. The number of para-hydroxylation sites is 2. The maximum atomic E-state index is 12.7. The first-order chi connectivity index (χ1) is 13.7. The Hall–Kier alpha value is -3.35. The Morgan fingerprint density at radius 3 is 2.82 bits per heavy atom.